The van der Waals surface area contributed by atoms with Crippen LogP contribution < -0.4 is 0 Å². The van der Waals surface area contributed by atoms with E-state index >= 15 is 0 Å². The van der Waals surface area contributed by atoms with Crippen molar-refractivity contribution in [3.8, 4) is 0 Å². The molecule has 0 saturated heterocycles. The van der Waals surface area contributed by atoms with E-state index in [1.54, 1.807) is 0 Å². The summed E-state index contributed by atoms with van der Waals surface area (Å²) in [6.45, 7) is 1.50. The molecule has 0 bridgehead atoms. The van der Waals surface area contributed by atoms with Crippen molar-refractivity contribution in [2.45, 2.75) is 6.92 Å². The summed E-state index contributed by atoms with van der Waals surface area (Å²) in [6.07, 6.45) is 2.20. The van der Waals surface area contributed by atoms with Gasteiger partial charge in [-0.2, -0.15) is 0 Å². The number of pyridine rings is 1. The van der Waals surface area contributed by atoms with E-state index in [2.05, 4.69) is 4.98 Å². The molecule has 3 nitrogen and oxygen atoms in total. The maximum Gasteiger partial charge on any atom is 0.339 e. The number of nitrogens with zero attached hydrogens (tertiary/aromatic N) is 1. The Kier molecular flexibility index (Phi) is 3.63. The summed E-state index contributed by atoms with van der Waals surface area (Å²) in [5, 5.41) is 8.48. The number of aromatic nitrogens is 1. The molecule has 66 valence electrons. The van der Waals surface area contributed by atoms with E-state index in [9.17, 15) is 9.18 Å². The smallest absolute Gasteiger partial charge is 0.339 e. The fraction of sp³-hybridized carbons (Fsp3) is 0.143. The highest BCUT2D eigenvalue weighted by molar-refractivity contribution is 5.89. The molecule has 0 aliphatic rings. The lowest BCUT2D eigenvalue weighted by Crippen LogP contribution is -2.03. The van der Waals surface area contributed by atoms with Gasteiger partial charge in [0, 0.05) is 6.20 Å². The number of hydrogen-bond acceptors (Lipinski definition) is 2. The van der Waals surface area contributed by atoms with E-state index in [4.69, 9.17) is 5.11 Å². The Balaban J connectivity index is 0.00000121. The van der Waals surface area contributed by atoms with Crippen LogP contribution in [-0.2, 0) is 0 Å². The van der Waals surface area contributed by atoms with Gasteiger partial charge in [0.25, 0.3) is 0 Å². The zero-order valence-electron chi connectivity index (χ0n) is 6.24. The Bertz CT molecular complexity index is 283. The third-order valence-corrected chi connectivity index (χ3v) is 1.30. The monoisotopic (exact) mass is 191 g/mol. The SMILES string of the molecule is Cc1cncc(F)c1C(=O)O.Cl. The van der Waals surface area contributed by atoms with Gasteiger partial charge in [-0.15, -0.1) is 12.4 Å². The molecule has 0 amide bonds. The van der Waals surface area contributed by atoms with Gasteiger partial charge in [-0.05, 0) is 12.5 Å². The predicted molar refractivity (Wildman–Crippen MR) is 43.1 cm³/mol. The normalized spacial score (nSPS) is 8.83. The van der Waals surface area contributed by atoms with Gasteiger partial charge in [-0.3, -0.25) is 4.98 Å². The molecule has 1 aromatic heterocycles. The number of carboxylic acids is 1. The van der Waals surface area contributed by atoms with Gasteiger partial charge in [0.05, 0.1) is 6.20 Å². The third kappa shape index (κ3) is 1.92. The second kappa shape index (κ2) is 4.01. The first kappa shape index (κ1) is 10.8. The first-order chi connectivity index (χ1) is 5.13. The van der Waals surface area contributed by atoms with Crippen molar-refractivity contribution in [1.29, 1.82) is 0 Å². The van der Waals surface area contributed by atoms with Gasteiger partial charge in [0.2, 0.25) is 0 Å². The molecule has 5 heteroatoms. The van der Waals surface area contributed by atoms with Gasteiger partial charge in [-0.1, -0.05) is 0 Å². The number of halogens is 2. The molecular weight excluding hydrogens is 185 g/mol. The third-order valence-electron chi connectivity index (χ3n) is 1.30. The number of carboxylic acid groups (broad SMARTS) is 1. The second-order valence-corrected chi connectivity index (χ2v) is 2.12. The van der Waals surface area contributed by atoms with Crippen LogP contribution >= 0.6 is 12.4 Å². The fourth-order valence-electron chi connectivity index (χ4n) is 0.803. The number of rotatable bonds is 1. The van der Waals surface area contributed by atoms with E-state index in [1.807, 2.05) is 0 Å². The highest BCUT2D eigenvalue weighted by atomic mass is 35.5. The zero-order chi connectivity index (χ0) is 8.43. The van der Waals surface area contributed by atoms with Crippen molar-refractivity contribution < 1.29 is 14.3 Å². The zero-order valence-corrected chi connectivity index (χ0v) is 7.06. The number of carbonyl (C=O) groups is 1. The average molecular weight is 192 g/mol. The summed E-state index contributed by atoms with van der Waals surface area (Å²) in [6, 6.07) is 0. The lowest BCUT2D eigenvalue weighted by molar-refractivity contribution is 0.0691. The van der Waals surface area contributed by atoms with Crippen LogP contribution in [0.5, 0.6) is 0 Å². The summed E-state index contributed by atoms with van der Waals surface area (Å²) >= 11 is 0. The van der Waals surface area contributed by atoms with Crippen LogP contribution in [0.1, 0.15) is 15.9 Å². The summed E-state index contributed by atoms with van der Waals surface area (Å²) in [4.78, 5) is 13.9. The first-order valence-corrected chi connectivity index (χ1v) is 2.96. The molecule has 0 unspecified atom stereocenters. The molecule has 0 spiro atoms. The molecule has 0 aromatic carbocycles. The second-order valence-electron chi connectivity index (χ2n) is 2.12. The standard InChI is InChI=1S/C7H6FNO2.ClH/c1-4-2-9-3-5(8)6(4)7(10)11;/h2-3H,1H3,(H,10,11);1H. The minimum Gasteiger partial charge on any atom is -0.478 e. The highest BCUT2D eigenvalue weighted by Crippen LogP contribution is 2.09. The van der Waals surface area contributed by atoms with Crippen molar-refractivity contribution in [2.24, 2.45) is 0 Å². The molecule has 1 aromatic rings. The van der Waals surface area contributed by atoms with E-state index < -0.39 is 11.8 Å². The van der Waals surface area contributed by atoms with Gasteiger partial charge >= 0.3 is 5.97 Å². The van der Waals surface area contributed by atoms with E-state index in [1.165, 1.54) is 13.1 Å². The van der Waals surface area contributed by atoms with Crippen molar-refractivity contribution in [2.75, 3.05) is 0 Å². The van der Waals surface area contributed by atoms with Crippen LogP contribution in [0.15, 0.2) is 12.4 Å². The highest BCUT2D eigenvalue weighted by Gasteiger charge is 2.12. The van der Waals surface area contributed by atoms with Gasteiger partial charge in [0.1, 0.15) is 5.56 Å². The van der Waals surface area contributed by atoms with E-state index in [0.29, 0.717) is 5.56 Å². The Hall–Kier alpha value is -1.16. The van der Waals surface area contributed by atoms with Crippen molar-refractivity contribution in [1.82, 2.24) is 4.98 Å². The maximum atomic E-state index is 12.7. The molecule has 0 radical (unpaired) electrons. The molecule has 0 fully saturated rings. The van der Waals surface area contributed by atoms with Crippen LogP contribution in [0, 0.1) is 12.7 Å². The van der Waals surface area contributed by atoms with Crippen LogP contribution in [0.3, 0.4) is 0 Å². The Morgan fingerprint density at radius 3 is 2.50 bits per heavy atom. The van der Waals surface area contributed by atoms with Gasteiger partial charge in [-0.25, -0.2) is 9.18 Å². The first-order valence-electron chi connectivity index (χ1n) is 2.96. The largest absolute Gasteiger partial charge is 0.478 e. The Morgan fingerprint density at radius 1 is 1.58 bits per heavy atom. The fourth-order valence-corrected chi connectivity index (χ4v) is 0.803. The molecular formula is C7H7ClFNO2. The molecule has 1 rings (SSSR count). The number of aromatic carboxylic acids is 1. The van der Waals surface area contributed by atoms with Crippen molar-refractivity contribution >= 4 is 18.4 Å². The topological polar surface area (TPSA) is 50.2 Å². The molecule has 1 N–H and O–H groups in total. The van der Waals surface area contributed by atoms with Crippen molar-refractivity contribution in [3.05, 3.63) is 29.3 Å². The van der Waals surface area contributed by atoms with Crippen LogP contribution in [0.25, 0.3) is 0 Å². The van der Waals surface area contributed by atoms with Gasteiger partial charge in [0.15, 0.2) is 5.82 Å². The summed E-state index contributed by atoms with van der Waals surface area (Å²) in [7, 11) is 0. The minimum absolute atomic E-state index is 0. The number of hydrogen-bond donors (Lipinski definition) is 1. The van der Waals surface area contributed by atoms with E-state index in [0.717, 1.165) is 6.20 Å². The molecule has 0 aliphatic heterocycles. The molecule has 12 heavy (non-hydrogen) atoms. The molecule has 0 aliphatic carbocycles. The average Bonchev–Trinajstić information content (AvgIpc) is 1.85. The van der Waals surface area contributed by atoms with Crippen LogP contribution in [0.4, 0.5) is 4.39 Å². The summed E-state index contributed by atoms with van der Waals surface area (Å²) < 4.78 is 12.7. The van der Waals surface area contributed by atoms with Crippen LogP contribution in [-0.4, -0.2) is 16.1 Å². The van der Waals surface area contributed by atoms with Crippen molar-refractivity contribution in [3.63, 3.8) is 0 Å². The quantitative estimate of drug-likeness (QED) is 0.734. The molecule has 0 saturated carbocycles. The van der Waals surface area contributed by atoms with Crippen LogP contribution in [0.2, 0.25) is 0 Å². The van der Waals surface area contributed by atoms with E-state index in [-0.39, 0.29) is 18.0 Å². The Morgan fingerprint density at radius 2 is 2.17 bits per heavy atom. The predicted octanol–water partition coefficient (Wildman–Crippen LogP) is 1.65. The molecule has 0 atom stereocenters. The maximum absolute atomic E-state index is 12.7. The molecule has 1 heterocycles. The number of aryl methyl sites for hydroxylation is 1. The Labute approximate surface area is 74.7 Å². The lowest BCUT2D eigenvalue weighted by atomic mass is 10.1. The lowest BCUT2D eigenvalue weighted by Gasteiger charge is -1.98. The summed E-state index contributed by atoms with van der Waals surface area (Å²) in [5.41, 5.74) is 0.0255. The van der Waals surface area contributed by atoms with Gasteiger partial charge < -0.3 is 5.11 Å². The minimum atomic E-state index is -1.26. The summed E-state index contributed by atoms with van der Waals surface area (Å²) in [5.74, 6) is -2.06.